The molecule has 0 aliphatic rings. The number of carbonyl (C=O) groups is 1. The summed E-state index contributed by atoms with van der Waals surface area (Å²) < 4.78 is 42.9. The molecule has 0 bridgehead atoms. The number of benzene rings is 1. The number of alkyl halides is 3. The molecule has 0 saturated carbocycles. The quantitative estimate of drug-likeness (QED) is 0.707. The van der Waals surface area contributed by atoms with Gasteiger partial charge in [0.25, 0.3) is 0 Å². The molecule has 0 spiro atoms. The van der Waals surface area contributed by atoms with Gasteiger partial charge < -0.3 is 5.11 Å². The standard InChI is InChI=1S/C20H20F3N3O3/c1-19(2,3)10-26-15-6-5-11(7-16(15)25(4)18(26)29)14-8-13(20(21,22)23)12(9-24-14)17(27)28/h5-9H,10H2,1-4H3,(H,27,28). The number of nitrogens with zero attached hydrogens (tertiary/aromatic N) is 3. The van der Waals surface area contributed by atoms with E-state index in [0.717, 1.165) is 6.07 Å². The molecule has 1 N–H and O–H groups in total. The number of carboxylic acids is 1. The van der Waals surface area contributed by atoms with E-state index in [2.05, 4.69) is 4.98 Å². The van der Waals surface area contributed by atoms with Crippen molar-refractivity contribution in [1.82, 2.24) is 14.1 Å². The van der Waals surface area contributed by atoms with Gasteiger partial charge in [-0.05, 0) is 23.6 Å². The van der Waals surface area contributed by atoms with Crippen molar-refractivity contribution in [3.05, 3.63) is 52.1 Å². The maximum Gasteiger partial charge on any atom is 0.417 e. The molecule has 2 aromatic heterocycles. The number of hydrogen-bond acceptors (Lipinski definition) is 3. The van der Waals surface area contributed by atoms with E-state index in [9.17, 15) is 22.8 Å². The summed E-state index contributed by atoms with van der Waals surface area (Å²) in [6.45, 7) is 6.48. The molecule has 3 rings (SSSR count). The Hall–Kier alpha value is -3.10. The summed E-state index contributed by atoms with van der Waals surface area (Å²) in [6, 6.07) is 5.54. The zero-order chi connectivity index (χ0) is 21.7. The molecule has 0 aliphatic carbocycles. The van der Waals surface area contributed by atoms with E-state index in [1.54, 1.807) is 29.8 Å². The molecule has 9 heteroatoms. The number of pyridine rings is 1. The third-order valence-corrected chi connectivity index (χ3v) is 4.51. The number of carboxylic acid groups (broad SMARTS) is 1. The van der Waals surface area contributed by atoms with Crippen LogP contribution in [0.2, 0.25) is 0 Å². The predicted molar refractivity (Wildman–Crippen MR) is 102 cm³/mol. The van der Waals surface area contributed by atoms with Crippen molar-refractivity contribution in [2.75, 3.05) is 0 Å². The van der Waals surface area contributed by atoms with Crippen LogP contribution < -0.4 is 5.69 Å². The molecule has 6 nitrogen and oxygen atoms in total. The van der Waals surface area contributed by atoms with E-state index in [4.69, 9.17) is 5.11 Å². The monoisotopic (exact) mass is 407 g/mol. The smallest absolute Gasteiger partial charge is 0.417 e. The van der Waals surface area contributed by atoms with Gasteiger partial charge in [0.15, 0.2) is 0 Å². The number of aromatic carboxylic acids is 1. The predicted octanol–water partition coefficient (Wildman–Crippen LogP) is 4.17. The van der Waals surface area contributed by atoms with Crippen molar-refractivity contribution < 1.29 is 23.1 Å². The Morgan fingerprint density at radius 2 is 1.79 bits per heavy atom. The summed E-state index contributed by atoms with van der Waals surface area (Å²) in [5.74, 6) is -1.70. The maximum atomic E-state index is 13.3. The molecular weight excluding hydrogens is 387 g/mol. The number of aryl methyl sites for hydroxylation is 1. The van der Waals surface area contributed by atoms with Crippen LogP contribution in [0.1, 0.15) is 36.7 Å². The van der Waals surface area contributed by atoms with Gasteiger partial charge in [-0.25, -0.2) is 9.59 Å². The Labute approximate surface area is 164 Å². The number of rotatable bonds is 3. The molecule has 0 atom stereocenters. The fourth-order valence-corrected chi connectivity index (χ4v) is 3.21. The lowest BCUT2D eigenvalue weighted by atomic mass is 9.97. The Balaban J connectivity index is 2.18. The zero-order valence-electron chi connectivity index (χ0n) is 16.3. The number of imidazole rings is 1. The number of halogens is 3. The second kappa shape index (κ2) is 6.75. The Morgan fingerprint density at radius 1 is 1.14 bits per heavy atom. The molecule has 0 unspecified atom stereocenters. The first kappa shape index (κ1) is 20.6. The third kappa shape index (κ3) is 3.90. The molecule has 0 amide bonds. The maximum absolute atomic E-state index is 13.3. The van der Waals surface area contributed by atoms with Crippen LogP contribution >= 0.6 is 0 Å². The first-order valence-electron chi connectivity index (χ1n) is 8.80. The van der Waals surface area contributed by atoms with Crippen molar-refractivity contribution in [2.24, 2.45) is 12.5 Å². The highest BCUT2D eigenvalue weighted by atomic mass is 19.4. The van der Waals surface area contributed by atoms with Crippen LogP contribution in [0.4, 0.5) is 13.2 Å². The molecule has 0 saturated heterocycles. The van der Waals surface area contributed by atoms with Gasteiger partial charge >= 0.3 is 17.8 Å². The van der Waals surface area contributed by atoms with Crippen molar-refractivity contribution in [3.8, 4) is 11.3 Å². The van der Waals surface area contributed by atoms with E-state index in [1.165, 1.54) is 4.57 Å². The fraction of sp³-hybridized carbons (Fsp3) is 0.350. The molecular formula is C20H20F3N3O3. The van der Waals surface area contributed by atoms with E-state index in [0.29, 0.717) is 29.3 Å². The lowest BCUT2D eigenvalue weighted by Gasteiger charge is -2.18. The van der Waals surface area contributed by atoms with Gasteiger partial charge in [0, 0.05) is 25.4 Å². The number of aromatic nitrogens is 3. The topological polar surface area (TPSA) is 77.1 Å². The average molecular weight is 407 g/mol. The molecule has 154 valence electrons. The van der Waals surface area contributed by atoms with Crippen LogP contribution in [0.3, 0.4) is 0 Å². The van der Waals surface area contributed by atoms with E-state index >= 15 is 0 Å². The zero-order valence-corrected chi connectivity index (χ0v) is 16.3. The van der Waals surface area contributed by atoms with Gasteiger partial charge in [-0.2, -0.15) is 13.2 Å². The first-order chi connectivity index (χ1) is 13.3. The molecule has 0 radical (unpaired) electrons. The van der Waals surface area contributed by atoms with Crippen LogP contribution in [-0.2, 0) is 19.8 Å². The Bertz CT molecular complexity index is 1170. The highest BCUT2D eigenvalue weighted by molar-refractivity contribution is 5.90. The van der Waals surface area contributed by atoms with Crippen LogP contribution in [0.15, 0.2) is 35.3 Å². The van der Waals surface area contributed by atoms with Crippen molar-refractivity contribution in [3.63, 3.8) is 0 Å². The van der Waals surface area contributed by atoms with Crippen LogP contribution in [0, 0.1) is 5.41 Å². The Morgan fingerprint density at radius 3 is 2.34 bits per heavy atom. The largest absolute Gasteiger partial charge is 0.478 e. The molecule has 0 aliphatic heterocycles. The van der Waals surface area contributed by atoms with Gasteiger partial charge in [-0.15, -0.1) is 0 Å². The summed E-state index contributed by atoms with van der Waals surface area (Å²) in [5.41, 5.74) is -1.02. The second-order valence-electron chi connectivity index (χ2n) is 8.11. The normalized spacial score (nSPS) is 12.5. The summed E-state index contributed by atoms with van der Waals surface area (Å²) in [5, 5.41) is 9.01. The minimum Gasteiger partial charge on any atom is -0.478 e. The molecule has 2 heterocycles. The van der Waals surface area contributed by atoms with Crippen molar-refractivity contribution in [2.45, 2.75) is 33.5 Å². The highest BCUT2D eigenvalue weighted by Crippen LogP contribution is 2.34. The number of hydrogen-bond donors (Lipinski definition) is 1. The van der Waals surface area contributed by atoms with E-state index in [1.807, 2.05) is 20.8 Å². The van der Waals surface area contributed by atoms with Crippen molar-refractivity contribution >= 4 is 17.0 Å². The minimum absolute atomic E-state index is 0.0276. The van der Waals surface area contributed by atoms with Gasteiger partial charge in [0.1, 0.15) is 0 Å². The lowest BCUT2D eigenvalue weighted by molar-refractivity contribution is -0.138. The summed E-state index contributed by atoms with van der Waals surface area (Å²) >= 11 is 0. The highest BCUT2D eigenvalue weighted by Gasteiger charge is 2.36. The van der Waals surface area contributed by atoms with Crippen LogP contribution in [0.5, 0.6) is 0 Å². The van der Waals surface area contributed by atoms with Gasteiger partial charge in [0.05, 0.1) is 27.9 Å². The summed E-state index contributed by atoms with van der Waals surface area (Å²) in [7, 11) is 1.59. The van der Waals surface area contributed by atoms with Gasteiger partial charge in [0.2, 0.25) is 0 Å². The van der Waals surface area contributed by atoms with E-state index < -0.39 is 23.3 Å². The number of fused-ring (bicyclic) bond motifs is 1. The summed E-state index contributed by atoms with van der Waals surface area (Å²) in [6.07, 6.45) is -4.13. The molecule has 29 heavy (non-hydrogen) atoms. The molecule has 3 aromatic rings. The van der Waals surface area contributed by atoms with E-state index in [-0.39, 0.29) is 16.8 Å². The summed E-state index contributed by atoms with van der Waals surface area (Å²) in [4.78, 5) is 27.6. The fourth-order valence-electron chi connectivity index (χ4n) is 3.21. The van der Waals surface area contributed by atoms with Gasteiger partial charge in [-0.1, -0.05) is 26.8 Å². The third-order valence-electron chi connectivity index (χ3n) is 4.51. The SMILES string of the molecule is Cn1c(=O)n(CC(C)(C)C)c2ccc(-c3cc(C(F)(F)F)c(C(=O)O)cn3)cc21. The second-order valence-corrected chi connectivity index (χ2v) is 8.11. The van der Waals surface area contributed by atoms with Crippen LogP contribution in [-0.4, -0.2) is 25.2 Å². The average Bonchev–Trinajstić information content (AvgIpc) is 2.83. The minimum atomic E-state index is -4.83. The molecule has 1 aromatic carbocycles. The first-order valence-corrected chi connectivity index (χ1v) is 8.80. The lowest BCUT2D eigenvalue weighted by Crippen LogP contribution is -2.27. The van der Waals surface area contributed by atoms with Gasteiger partial charge in [-0.3, -0.25) is 14.1 Å². The van der Waals surface area contributed by atoms with Crippen LogP contribution in [0.25, 0.3) is 22.3 Å². The Kier molecular flexibility index (Phi) is 4.80. The molecule has 0 fully saturated rings. The van der Waals surface area contributed by atoms with Crippen molar-refractivity contribution in [1.29, 1.82) is 0 Å².